The molecule has 2 atom stereocenters. The summed E-state index contributed by atoms with van der Waals surface area (Å²) in [5, 5.41) is 22.4. The van der Waals surface area contributed by atoms with Crippen molar-refractivity contribution >= 4 is 5.91 Å². The van der Waals surface area contributed by atoms with E-state index in [0.717, 1.165) is 19.3 Å². The van der Waals surface area contributed by atoms with E-state index < -0.39 is 6.10 Å². The summed E-state index contributed by atoms with van der Waals surface area (Å²) < 4.78 is 5.39. The minimum atomic E-state index is -0.669. The average Bonchev–Trinajstić information content (AvgIpc) is 2.62. The summed E-state index contributed by atoms with van der Waals surface area (Å²) in [5.74, 6) is 0.472. The molecule has 2 rings (SSSR count). The number of ether oxygens (including phenoxy) is 1. The van der Waals surface area contributed by atoms with Gasteiger partial charge in [-0.2, -0.15) is 0 Å². The minimum Gasteiger partial charge on any atom is -0.504 e. The van der Waals surface area contributed by atoms with Crippen LogP contribution in [0, 0.1) is 0 Å². The Bertz CT molecular complexity index is 449. The Kier molecular flexibility index (Phi) is 5.24. The number of nitrogens with one attached hydrogen (secondary N) is 1. The molecule has 1 aromatic rings. The van der Waals surface area contributed by atoms with Crippen molar-refractivity contribution in [2.75, 3.05) is 6.61 Å². The van der Waals surface area contributed by atoms with Gasteiger partial charge in [-0.3, -0.25) is 4.79 Å². The van der Waals surface area contributed by atoms with Gasteiger partial charge in [0.2, 0.25) is 5.91 Å². The lowest BCUT2D eigenvalue weighted by atomic mass is 10.0. The molecule has 0 aromatic heterocycles. The Labute approximate surface area is 118 Å². The van der Waals surface area contributed by atoms with E-state index in [1.54, 1.807) is 18.2 Å². The first-order valence-electron chi connectivity index (χ1n) is 7.03. The molecule has 1 aliphatic rings. The molecule has 1 aliphatic heterocycles. The monoisotopic (exact) mass is 279 g/mol. The number of carbonyl (C=O) groups excluding carboxylic acids is 1. The molecule has 1 heterocycles. The molecule has 2 unspecified atom stereocenters. The number of amides is 1. The molecular formula is C15H21NO4. The van der Waals surface area contributed by atoms with Crippen molar-refractivity contribution in [3.8, 4) is 11.5 Å². The number of carbonyl (C=O) groups is 1. The maximum Gasteiger partial charge on any atom is 0.220 e. The number of aliphatic hydroxyl groups excluding tert-OH is 1. The van der Waals surface area contributed by atoms with E-state index in [1.165, 1.54) is 6.07 Å². The first-order chi connectivity index (χ1) is 9.65. The SMILES string of the molecule is O=C1CCCCC(CC(O)COc2ccccc2O)N1. The molecular weight excluding hydrogens is 258 g/mol. The zero-order valence-corrected chi connectivity index (χ0v) is 11.4. The highest BCUT2D eigenvalue weighted by Crippen LogP contribution is 2.24. The third-order valence-corrected chi connectivity index (χ3v) is 3.42. The summed E-state index contributed by atoms with van der Waals surface area (Å²) in [6.07, 6.45) is 3.17. The van der Waals surface area contributed by atoms with Gasteiger partial charge in [0.05, 0.1) is 6.10 Å². The summed E-state index contributed by atoms with van der Waals surface area (Å²) in [7, 11) is 0. The molecule has 20 heavy (non-hydrogen) atoms. The molecule has 0 aliphatic carbocycles. The number of phenols is 1. The van der Waals surface area contributed by atoms with Gasteiger partial charge < -0.3 is 20.3 Å². The van der Waals surface area contributed by atoms with Gasteiger partial charge in [-0.1, -0.05) is 18.6 Å². The Balaban J connectivity index is 1.78. The summed E-state index contributed by atoms with van der Waals surface area (Å²) in [6, 6.07) is 6.66. The molecule has 0 spiro atoms. The summed E-state index contributed by atoms with van der Waals surface area (Å²) >= 11 is 0. The predicted octanol–water partition coefficient (Wildman–Crippen LogP) is 1.58. The van der Waals surface area contributed by atoms with Gasteiger partial charge in [0, 0.05) is 12.5 Å². The quantitative estimate of drug-likeness (QED) is 0.764. The van der Waals surface area contributed by atoms with Gasteiger partial charge in [0.25, 0.3) is 0 Å². The molecule has 3 N–H and O–H groups in total. The number of benzene rings is 1. The molecule has 110 valence electrons. The normalized spacial score (nSPS) is 20.9. The molecule has 1 aromatic carbocycles. The highest BCUT2D eigenvalue weighted by Gasteiger charge is 2.20. The van der Waals surface area contributed by atoms with Gasteiger partial charge in [0.1, 0.15) is 6.61 Å². The lowest BCUT2D eigenvalue weighted by Crippen LogP contribution is -2.37. The van der Waals surface area contributed by atoms with Crippen LogP contribution in [0.5, 0.6) is 11.5 Å². The number of aromatic hydroxyl groups is 1. The van der Waals surface area contributed by atoms with Crippen LogP contribution in [0.4, 0.5) is 0 Å². The molecule has 1 fully saturated rings. The van der Waals surface area contributed by atoms with Crippen molar-refractivity contribution in [3.63, 3.8) is 0 Å². The first-order valence-corrected chi connectivity index (χ1v) is 7.03. The van der Waals surface area contributed by atoms with Crippen molar-refractivity contribution in [2.24, 2.45) is 0 Å². The predicted molar refractivity (Wildman–Crippen MR) is 74.6 cm³/mol. The molecule has 1 saturated heterocycles. The fourth-order valence-electron chi connectivity index (χ4n) is 2.39. The van der Waals surface area contributed by atoms with E-state index in [0.29, 0.717) is 18.6 Å². The topological polar surface area (TPSA) is 78.8 Å². The van der Waals surface area contributed by atoms with E-state index in [9.17, 15) is 15.0 Å². The van der Waals surface area contributed by atoms with Crippen LogP contribution < -0.4 is 10.1 Å². The van der Waals surface area contributed by atoms with Crippen LogP contribution in [-0.4, -0.2) is 34.9 Å². The van der Waals surface area contributed by atoms with E-state index in [4.69, 9.17) is 4.74 Å². The van der Waals surface area contributed by atoms with Crippen LogP contribution >= 0.6 is 0 Å². The van der Waals surface area contributed by atoms with Crippen molar-refractivity contribution in [3.05, 3.63) is 24.3 Å². The van der Waals surface area contributed by atoms with Crippen molar-refractivity contribution in [1.82, 2.24) is 5.32 Å². The van der Waals surface area contributed by atoms with Gasteiger partial charge in [-0.25, -0.2) is 0 Å². The lowest BCUT2D eigenvalue weighted by Gasteiger charge is -2.20. The van der Waals surface area contributed by atoms with Gasteiger partial charge >= 0.3 is 0 Å². The molecule has 5 nitrogen and oxygen atoms in total. The fourth-order valence-corrected chi connectivity index (χ4v) is 2.39. The number of rotatable bonds is 5. The Morgan fingerprint density at radius 3 is 2.95 bits per heavy atom. The molecule has 1 amide bonds. The van der Waals surface area contributed by atoms with Gasteiger partial charge in [0.15, 0.2) is 11.5 Å². The van der Waals surface area contributed by atoms with E-state index in [-0.39, 0.29) is 24.3 Å². The van der Waals surface area contributed by atoms with E-state index in [2.05, 4.69) is 5.32 Å². The summed E-state index contributed by atoms with van der Waals surface area (Å²) in [5.41, 5.74) is 0. The number of para-hydroxylation sites is 2. The number of aliphatic hydroxyl groups is 1. The summed E-state index contributed by atoms with van der Waals surface area (Å²) in [4.78, 5) is 11.4. The van der Waals surface area contributed by atoms with E-state index in [1.807, 2.05) is 0 Å². The van der Waals surface area contributed by atoms with Crippen LogP contribution in [0.2, 0.25) is 0 Å². The highest BCUT2D eigenvalue weighted by atomic mass is 16.5. The lowest BCUT2D eigenvalue weighted by molar-refractivity contribution is -0.121. The van der Waals surface area contributed by atoms with E-state index >= 15 is 0 Å². The van der Waals surface area contributed by atoms with Crippen LogP contribution in [0.3, 0.4) is 0 Å². The third kappa shape index (κ3) is 4.42. The molecule has 5 heteroatoms. The average molecular weight is 279 g/mol. The highest BCUT2D eigenvalue weighted by molar-refractivity contribution is 5.76. The zero-order valence-electron chi connectivity index (χ0n) is 11.4. The second-order valence-corrected chi connectivity index (χ2v) is 5.18. The summed E-state index contributed by atoms with van der Waals surface area (Å²) in [6.45, 7) is 0.101. The van der Waals surface area contributed by atoms with Crippen molar-refractivity contribution < 1.29 is 19.7 Å². The van der Waals surface area contributed by atoms with Crippen LogP contribution in [0.1, 0.15) is 32.1 Å². The molecule has 0 saturated carbocycles. The number of hydrogen-bond donors (Lipinski definition) is 3. The van der Waals surface area contributed by atoms with Gasteiger partial charge in [-0.05, 0) is 31.4 Å². The van der Waals surface area contributed by atoms with Crippen molar-refractivity contribution in [1.29, 1.82) is 0 Å². The van der Waals surface area contributed by atoms with Crippen LogP contribution in [0.25, 0.3) is 0 Å². The van der Waals surface area contributed by atoms with Crippen molar-refractivity contribution in [2.45, 2.75) is 44.2 Å². The first kappa shape index (κ1) is 14.7. The Morgan fingerprint density at radius 2 is 2.15 bits per heavy atom. The second kappa shape index (κ2) is 7.14. The zero-order chi connectivity index (χ0) is 14.4. The van der Waals surface area contributed by atoms with Crippen LogP contribution in [-0.2, 0) is 4.79 Å². The Hall–Kier alpha value is -1.75. The molecule has 0 bridgehead atoms. The maximum atomic E-state index is 11.4. The maximum absolute atomic E-state index is 11.4. The smallest absolute Gasteiger partial charge is 0.220 e. The Morgan fingerprint density at radius 1 is 1.35 bits per heavy atom. The van der Waals surface area contributed by atoms with Crippen LogP contribution in [0.15, 0.2) is 24.3 Å². The van der Waals surface area contributed by atoms with Gasteiger partial charge in [-0.15, -0.1) is 0 Å². The number of phenolic OH excluding ortho intramolecular Hbond substituents is 1. The standard InChI is InChI=1S/C15H21NO4/c17-12(9-11-5-1-4-8-15(19)16-11)10-20-14-7-3-2-6-13(14)18/h2-3,6-7,11-12,17-18H,1,4-5,8-10H2,(H,16,19). The second-order valence-electron chi connectivity index (χ2n) is 5.18. The fraction of sp³-hybridized carbons (Fsp3) is 0.533. The minimum absolute atomic E-state index is 0.00738. The molecule has 0 radical (unpaired) electrons. The number of hydrogen-bond acceptors (Lipinski definition) is 4. The third-order valence-electron chi connectivity index (χ3n) is 3.42. The largest absolute Gasteiger partial charge is 0.504 e.